The van der Waals surface area contributed by atoms with Gasteiger partial charge in [0.05, 0.1) is 6.10 Å². The van der Waals surface area contributed by atoms with Crippen molar-refractivity contribution < 1.29 is 14.6 Å². The number of ether oxygens (including phenoxy) is 1. The van der Waals surface area contributed by atoms with Crippen LogP contribution < -0.4 is 0 Å². The number of rotatable bonds is 2. The molecule has 5 atom stereocenters. The number of carbonyl (C=O) groups excluding carboxylic acids is 1. The maximum atomic E-state index is 11.2. The molecule has 1 N–H and O–H groups in total. The van der Waals surface area contributed by atoms with E-state index in [-0.39, 0.29) is 17.4 Å². The van der Waals surface area contributed by atoms with Gasteiger partial charge in [-0.2, -0.15) is 0 Å². The Morgan fingerprint density at radius 1 is 1.35 bits per heavy atom. The van der Waals surface area contributed by atoms with Crippen molar-refractivity contribution in [3.8, 4) is 0 Å². The summed E-state index contributed by atoms with van der Waals surface area (Å²) in [5, 5.41) is 10.0. The van der Waals surface area contributed by atoms with E-state index in [1.807, 2.05) is 6.08 Å². The molecular weight excluding hydrogens is 288 g/mol. The van der Waals surface area contributed by atoms with Gasteiger partial charge in [-0.15, -0.1) is 0 Å². The van der Waals surface area contributed by atoms with Gasteiger partial charge in [0.15, 0.2) is 6.29 Å². The number of aliphatic hydroxyl groups excluding tert-OH is 1. The van der Waals surface area contributed by atoms with E-state index in [1.165, 1.54) is 31.3 Å². The van der Waals surface area contributed by atoms with Crippen LogP contribution in [-0.2, 0) is 9.53 Å². The highest BCUT2D eigenvalue weighted by molar-refractivity contribution is 5.73. The fraction of sp³-hybridized carbons (Fsp3) is 0.750. The predicted octanol–water partition coefficient (Wildman–Crippen LogP) is 4.02. The largest absolute Gasteiger partial charge is 0.368 e. The predicted molar refractivity (Wildman–Crippen MR) is 90.7 cm³/mol. The molecule has 3 aliphatic rings. The minimum atomic E-state index is -0.876. The zero-order valence-electron chi connectivity index (χ0n) is 14.7. The molecular formula is C20H30O3. The van der Waals surface area contributed by atoms with E-state index in [0.717, 1.165) is 12.7 Å². The van der Waals surface area contributed by atoms with E-state index < -0.39 is 6.29 Å². The molecule has 0 saturated heterocycles. The van der Waals surface area contributed by atoms with Crippen LogP contribution in [0.25, 0.3) is 0 Å². The van der Waals surface area contributed by atoms with Crippen LogP contribution in [0, 0.1) is 22.7 Å². The van der Waals surface area contributed by atoms with Gasteiger partial charge < -0.3 is 9.84 Å². The Labute approximate surface area is 139 Å². The van der Waals surface area contributed by atoms with Gasteiger partial charge in [0.25, 0.3) is 0 Å². The van der Waals surface area contributed by atoms with Crippen LogP contribution in [0.2, 0.25) is 0 Å². The second-order valence-electron chi connectivity index (χ2n) is 8.69. The molecule has 0 aromatic rings. The standard InChI is InChI=1S/C20H30O3/c1-13-6-7-16-19(2,3)8-5-9-20(16,4)18(13)15-10-14(12-21)11-17(22)23-15/h10,12,15-18,22H,1,5-9,11H2,2-4H3/t15-,16-,17+,18+,20-/m0/s1. The maximum absolute atomic E-state index is 11.2. The maximum Gasteiger partial charge on any atom is 0.159 e. The molecule has 23 heavy (non-hydrogen) atoms. The van der Waals surface area contributed by atoms with Crippen molar-refractivity contribution in [3.63, 3.8) is 0 Å². The fourth-order valence-electron chi connectivity index (χ4n) is 5.83. The lowest BCUT2D eigenvalue weighted by Gasteiger charge is -2.59. The molecule has 2 saturated carbocycles. The van der Waals surface area contributed by atoms with Crippen molar-refractivity contribution >= 4 is 6.29 Å². The molecule has 0 aromatic carbocycles. The number of fused-ring (bicyclic) bond motifs is 1. The molecule has 0 radical (unpaired) electrons. The Bertz CT molecular complexity index is 533. The van der Waals surface area contributed by atoms with Gasteiger partial charge in [-0.1, -0.05) is 39.3 Å². The van der Waals surface area contributed by atoms with Crippen LogP contribution >= 0.6 is 0 Å². The lowest BCUT2D eigenvalue weighted by atomic mass is 9.47. The molecule has 3 rings (SSSR count). The Hall–Kier alpha value is -0.930. The molecule has 0 aromatic heterocycles. The summed E-state index contributed by atoms with van der Waals surface area (Å²) in [6.07, 6.45) is 7.87. The van der Waals surface area contributed by atoms with E-state index in [1.54, 1.807) is 0 Å². The second-order valence-corrected chi connectivity index (χ2v) is 8.69. The third-order valence-electron chi connectivity index (χ3n) is 6.76. The summed E-state index contributed by atoms with van der Waals surface area (Å²) in [5.41, 5.74) is 2.34. The van der Waals surface area contributed by atoms with Crippen LogP contribution in [0.4, 0.5) is 0 Å². The lowest BCUT2D eigenvalue weighted by molar-refractivity contribution is -0.169. The van der Waals surface area contributed by atoms with E-state index in [9.17, 15) is 9.90 Å². The molecule has 2 aliphatic carbocycles. The first-order valence-corrected chi connectivity index (χ1v) is 8.95. The van der Waals surface area contributed by atoms with Gasteiger partial charge in [0.2, 0.25) is 0 Å². The van der Waals surface area contributed by atoms with Gasteiger partial charge >= 0.3 is 0 Å². The summed E-state index contributed by atoms with van der Waals surface area (Å²) < 4.78 is 5.87. The molecule has 128 valence electrons. The SMILES string of the molecule is C=C1CC[C@H]2C(C)(C)CCC[C@]2(C)[C@H]1[C@@H]1C=C(C=O)C[C@H](O)O1. The molecule has 3 nitrogen and oxygen atoms in total. The normalized spacial score (nSPS) is 43.5. The zero-order valence-corrected chi connectivity index (χ0v) is 14.7. The average molecular weight is 318 g/mol. The van der Waals surface area contributed by atoms with Crippen molar-refractivity contribution in [1.82, 2.24) is 0 Å². The van der Waals surface area contributed by atoms with E-state index >= 15 is 0 Å². The lowest BCUT2D eigenvalue weighted by Crippen LogP contribution is -2.53. The summed E-state index contributed by atoms with van der Waals surface area (Å²) in [6, 6.07) is 0. The highest BCUT2D eigenvalue weighted by Gasteiger charge is 2.55. The Morgan fingerprint density at radius 2 is 2.09 bits per heavy atom. The van der Waals surface area contributed by atoms with Crippen LogP contribution in [0.3, 0.4) is 0 Å². The third kappa shape index (κ3) is 2.83. The minimum absolute atomic E-state index is 0.128. The number of aldehydes is 1. The van der Waals surface area contributed by atoms with Gasteiger partial charge in [0.1, 0.15) is 6.29 Å². The summed E-state index contributed by atoms with van der Waals surface area (Å²) >= 11 is 0. The molecule has 1 heterocycles. The minimum Gasteiger partial charge on any atom is -0.368 e. The Balaban J connectivity index is 1.99. The first-order chi connectivity index (χ1) is 10.8. The molecule has 0 bridgehead atoms. The van der Waals surface area contributed by atoms with Crippen LogP contribution in [0.5, 0.6) is 0 Å². The molecule has 3 heteroatoms. The van der Waals surface area contributed by atoms with Gasteiger partial charge in [-0.05, 0) is 54.1 Å². The molecule has 0 unspecified atom stereocenters. The summed E-state index contributed by atoms with van der Waals surface area (Å²) in [6.45, 7) is 11.5. The summed E-state index contributed by atoms with van der Waals surface area (Å²) in [5.74, 6) is 0.820. The van der Waals surface area contributed by atoms with Gasteiger partial charge in [-0.25, -0.2) is 0 Å². The average Bonchev–Trinajstić information content (AvgIpc) is 2.45. The zero-order chi connectivity index (χ0) is 16.8. The molecule has 2 fully saturated rings. The number of hydrogen-bond donors (Lipinski definition) is 1. The summed E-state index contributed by atoms with van der Waals surface area (Å²) in [7, 11) is 0. The second kappa shape index (κ2) is 5.86. The van der Waals surface area contributed by atoms with Crippen molar-refractivity contribution in [2.75, 3.05) is 0 Å². The Kier molecular flexibility index (Phi) is 4.31. The topological polar surface area (TPSA) is 46.5 Å². The van der Waals surface area contributed by atoms with E-state index in [4.69, 9.17) is 4.74 Å². The summed E-state index contributed by atoms with van der Waals surface area (Å²) in [4.78, 5) is 11.2. The monoisotopic (exact) mass is 318 g/mol. The number of aliphatic hydroxyl groups is 1. The first kappa shape index (κ1) is 16.9. The Morgan fingerprint density at radius 3 is 2.78 bits per heavy atom. The number of carbonyl (C=O) groups is 1. The number of hydrogen-bond acceptors (Lipinski definition) is 3. The third-order valence-corrected chi connectivity index (χ3v) is 6.76. The van der Waals surface area contributed by atoms with E-state index in [0.29, 0.717) is 23.3 Å². The van der Waals surface area contributed by atoms with Crippen LogP contribution in [0.1, 0.15) is 59.3 Å². The van der Waals surface area contributed by atoms with Crippen LogP contribution in [0.15, 0.2) is 23.8 Å². The van der Waals surface area contributed by atoms with Gasteiger partial charge in [0, 0.05) is 12.3 Å². The highest BCUT2D eigenvalue weighted by atomic mass is 16.6. The molecule has 1 aliphatic heterocycles. The molecule has 0 spiro atoms. The smallest absolute Gasteiger partial charge is 0.159 e. The van der Waals surface area contributed by atoms with Crippen molar-refractivity contribution in [2.24, 2.45) is 22.7 Å². The van der Waals surface area contributed by atoms with E-state index in [2.05, 4.69) is 27.4 Å². The molecule has 0 amide bonds. The highest BCUT2D eigenvalue weighted by Crippen LogP contribution is 2.62. The van der Waals surface area contributed by atoms with Crippen LogP contribution in [-0.4, -0.2) is 23.8 Å². The van der Waals surface area contributed by atoms with Gasteiger partial charge in [-0.3, -0.25) is 4.79 Å². The van der Waals surface area contributed by atoms with Crippen molar-refractivity contribution in [1.29, 1.82) is 0 Å². The quantitative estimate of drug-likeness (QED) is 0.618. The first-order valence-electron chi connectivity index (χ1n) is 8.95. The fourth-order valence-corrected chi connectivity index (χ4v) is 5.83. The van der Waals surface area contributed by atoms with Crippen molar-refractivity contribution in [2.45, 2.75) is 71.7 Å². The van der Waals surface area contributed by atoms with Crippen molar-refractivity contribution in [3.05, 3.63) is 23.8 Å².